The molecule has 0 saturated heterocycles. The van der Waals surface area contributed by atoms with E-state index in [1.807, 2.05) is 11.3 Å². The van der Waals surface area contributed by atoms with Gasteiger partial charge in [-0.3, -0.25) is 0 Å². The second-order valence-electron chi connectivity index (χ2n) is 20.0. The first kappa shape index (κ1) is 44.0. The molecule has 2 heterocycles. The Morgan fingerprint density at radius 2 is 0.737 bits per heavy atom. The molecule has 0 unspecified atom stereocenters. The molecule has 0 bridgehead atoms. The molecule has 2 nitrogen and oxygen atoms in total. The third kappa shape index (κ3) is 7.01. The average Bonchev–Trinajstić information content (AvgIpc) is 4.24. The molecule has 1 aliphatic rings. The van der Waals surface area contributed by atoms with Gasteiger partial charge >= 0.3 is 0 Å². The summed E-state index contributed by atoms with van der Waals surface area (Å²) >= 11 is 1.86. The molecule has 76 heavy (non-hydrogen) atoms. The highest BCUT2D eigenvalue weighted by Crippen LogP contribution is 2.57. The first-order chi connectivity index (χ1) is 37.7. The number of fused-ring (bicyclic) bond motifs is 9. The molecule has 2 aromatic heterocycles. The molecule has 3 heteroatoms. The normalized spacial score (nSPS) is 12.6. The third-order valence-electron chi connectivity index (χ3n) is 15.9. The number of rotatable bonds is 9. The monoisotopic (exact) mass is 984 g/mol. The predicted octanol–water partition coefficient (Wildman–Crippen LogP) is 20.0. The number of hydrogen-bond acceptors (Lipinski definition) is 2. The maximum atomic E-state index is 2.46. The lowest BCUT2D eigenvalue weighted by Crippen LogP contribution is -2.28. The number of para-hydroxylation sites is 1. The Labute approximate surface area is 446 Å². The van der Waals surface area contributed by atoms with E-state index in [-0.39, 0.29) is 0 Å². The quantitative estimate of drug-likeness (QED) is 0.140. The number of aromatic nitrogens is 1. The standard InChI is InChI=1S/C73H48N2S/c1-5-17-49(18-6-1)50-29-36-58(37-30-50)74(60-40-41-62-61-25-13-15-27-67(61)73(68(62)48-60,55-19-7-2-8-20-55)56-21-9-3-10-22-56)59-38-31-51(32-39-59)52-33-42-69-64(45-52)65-46-53(34-43-70(65)75(69)57-23-11-4-12-24-57)54-35-44-72-66(47-54)63-26-14-16-28-71(63)76-72/h1-48H. The molecule has 0 saturated carbocycles. The Balaban J connectivity index is 0.872. The fourth-order valence-electron chi connectivity index (χ4n) is 12.4. The van der Waals surface area contributed by atoms with Crippen LogP contribution in [0.3, 0.4) is 0 Å². The highest BCUT2D eigenvalue weighted by molar-refractivity contribution is 7.25. The van der Waals surface area contributed by atoms with Gasteiger partial charge in [-0.1, -0.05) is 200 Å². The van der Waals surface area contributed by atoms with E-state index in [4.69, 9.17) is 0 Å². The van der Waals surface area contributed by atoms with E-state index in [2.05, 4.69) is 301 Å². The Kier molecular flexibility index (Phi) is 10.3. The van der Waals surface area contributed by atoms with Crippen molar-refractivity contribution in [3.8, 4) is 50.2 Å². The van der Waals surface area contributed by atoms with Gasteiger partial charge < -0.3 is 9.47 Å². The van der Waals surface area contributed by atoms with Gasteiger partial charge in [-0.2, -0.15) is 0 Å². The summed E-state index contributed by atoms with van der Waals surface area (Å²) in [6.45, 7) is 0. The van der Waals surface area contributed by atoms with Crippen molar-refractivity contribution >= 4 is 70.4 Å². The van der Waals surface area contributed by atoms with Gasteiger partial charge in [-0.05, 0) is 158 Å². The van der Waals surface area contributed by atoms with Crippen molar-refractivity contribution < 1.29 is 0 Å². The van der Waals surface area contributed by atoms with Crippen LogP contribution in [-0.2, 0) is 5.41 Å². The van der Waals surface area contributed by atoms with Crippen molar-refractivity contribution in [2.75, 3.05) is 4.90 Å². The fraction of sp³-hybridized carbons (Fsp3) is 0.0137. The number of hydrogen-bond donors (Lipinski definition) is 0. The van der Waals surface area contributed by atoms with Crippen LogP contribution in [0.5, 0.6) is 0 Å². The van der Waals surface area contributed by atoms with E-state index >= 15 is 0 Å². The summed E-state index contributed by atoms with van der Waals surface area (Å²) in [5.41, 5.74) is 21.0. The fourth-order valence-corrected chi connectivity index (χ4v) is 13.5. The van der Waals surface area contributed by atoms with Crippen molar-refractivity contribution in [1.29, 1.82) is 0 Å². The van der Waals surface area contributed by atoms with Gasteiger partial charge in [0.05, 0.1) is 16.4 Å². The maximum absolute atomic E-state index is 2.46. The minimum atomic E-state index is -0.521. The van der Waals surface area contributed by atoms with Gasteiger partial charge in [0.25, 0.3) is 0 Å². The van der Waals surface area contributed by atoms with Gasteiger partial charge in [-0.25, -0.2) is 0 Å². The van der Waals surface area contributed by atoms with E-state index in [0.717, 1.165) is 28.3 Å². The smallest absolute Gasteiger partial charge is 0.0714 e. The minimum Gasteiger partial charge on any atom is -0.310 e. The lowest BCUT2D eigenvalue weighted by atomic mass is 9.67. The molecule has 12 aromatic carbocycles. The average molecular weight is 985 g/mol. The van der Waals surface area contributed by atoms with Crippen LogP contribution in [0.2, 0.25) is 0 Å². The molecule has 0 N–H and O–H groups in total. The zero-order valence-corrected chi connectivity index (χ0v) is 42.3. The number of thiophene rings is 1. The van der Waals surface area contributed by atoms with Crippen LogP contribution in [-0.4, -0.2) is 4.57 Å². The van der Waals surface area contributed by atoms with Crippen LogP contribution < -0.4 is 4.90 Å². The number of benzene rings is 12. The molecule has 0 atom stereocenters. The van der Waals surface area contributed by atoms with Crippen molar-refractivity contribution in [2.45, 2.75) is 5.41 Å². The van der Waals surface area contributed by atoms with Gasteiger partial charge in [-0.15, -0.1) is 11.3 Å². The summed E-state index contributed by atoms with van der Waals surface area (Å²) in [4.78, 5) is 2.43. The first-order valence-corrected chi connectivity index (χ1v) is 27.0. The molecule has 356 valence electrons. The molecule has 0 fully saturated rings. The van der Waals surface area contributed by atoms with Crippen LogP contribution in [0, 0.1) is 0 Å². The van der Waals surface area contributed by atoms with E-state index < -0.39 is 5.41 Å². The molecule has 14 aromatic rings. The Hall–Kier alpha value is -9.54. The van der Waals surface area contributed by atoms with Crippen LogP contribution in [0.4, 0.5) is 17.1 Å². The highest BCUT2D eigenvalue weighted by Gasteiger charge is 2.46. The molecular formula is C73H48N2S. The lowest BCUT2D eigenvalue weighted by Gasteiger charge is -2.35. The molecule has 1 aliphatic carbocycles. The zero-order chi connectivity index (χ0) is 50.2. The minimum absolute atomic E-state index is 0.521. The molecule has 0 spiro atoms. The Morgan fingerprint density at radius 3 is 1.38 bits per heavy atom. The van der Waals surface area contributed by atoms with Gasteiger partial charge in [0.1, 0.15) is 0 Å². The van der Waals surface area contributed by atoms with Crippen molar-refractivity contribution in [2.24, 2.45) is 0 Å². The second-order valence-corrected chi connectivity index (χ2v) is 21.1. The summed E-state index contributed by atoms with van der Waals surface area (Å²) in [6, 6.07) is 108. The molecule has 15 rings (SSSR count). The van der Waals surface area contributed by atoms with Crippen LogP contribution in [0.25, 0.3) is 92.2 Å². The summed E-state index contributed by atoms with van der Waals surface area (Å²) < 4.78 is 5.06. The molecule has 0 aliphatic heterocycles. The second kappa shape index (κ2) is 17.8. The molecular weight excluding hydrogens is 937 g/mol. The first-order valence-electron chi connectivity index (χ1n) is 26.1. The van der Waals surface area contributed by atoms with Crippen LogP contribution in [0.15, 0.2) is 291 Å². The number of anilines is 3. The summed E-state index contributed by atoms with van der Waals surface area (Å²) in [7, 11) is 0. The molecule has 0 amide bonds. The van der Waals surface area contributed by atoms with E-state index in [1.54, 1.807) is 0 Å². The lowest BCUT2D eigenvalue weighted by molar-refractivity contribution is 0.768. The number of nitrogens with zero attached hydrogens (tertiary/aromatic N) is 2. The van der Waals surface area contributed by atoms with Crippen molar-refractivity contribution in [1.82, 2.24) is 4.57 Å². The van der Waals surface area contributed by atoms with Gasteiger partial charge in [0.15, 0.2) is 0 Å². The van der Waals surface area contributed by atoms with E-state index in [0.29, 0.717) is 0 Å². The van der Waals surface area contributed by atoms with E-state index in [1.165, 1.54) is 103 Å². The summed E-state index contributed by atoms with van der Waals surface area (Å²) in [6.07, 6.45) is 0. The van der Waals surface area contributed by atoms with Crippen LogP contribution >= 0.6 is 11.3 Å². The van der Waals surface area contributed by atoms with Crippen molar-refractivity contribution in [3.63, 3.8) is 0 Å². The third-order valence-corrected chi connectivity index (χ3v) is 17.0. The summed E-state index contributed by atoms with van der Waals surface area (Å²) in [5, 5.41) is 5.09. The Morgan fingerprint density at radius 1 is 0.289 bits per heavy atom. The predicted molar refractivity (Wildman–Crippen MR) is 322 cm³/mol. The summed E-state index contributed by atoms with van der Waals surface area (Å²) in [5.74, 6) is 0. The topological polar surface area (TPSA) is 8.17 Å². The van der Waals surface area contributed by atoms with E-state index in [9.17, 15) is 0 Å². The Bertz CT molecular complexity index is 4440. The van der Waals surface area contributed by atoms with Gasteiger partial charge in [0.2, 0.25) is 0 Å². The highest BCUT2D eigenvalue weighted by atomic mass is 32.1. The molecule has 0 radical (unpaired) electrons. The SMILES string of the molecule is c1ccc(-c2ccc(N(c3ccc(-c4ccc5c(c4)c4cc(-c6ccc7sc8ccccc8c7c6)ccc4n5-c4ccccc4)cc3)c3ccc4c(c3)C(c3ccccc3)(c3ccccc3)c3ccccc3-4)cc2)cc1. The van der Waals surface area contributed by atoms with Crippen molar-refractivity contribution in [3.05, 3.63) is 313 Å². The maximum Gasteiger partial charge on any atom is 0.0714 e. The largest absolute Gasteiger partial charge is 0.310 e. The van der Waals surface area contributed by atoms with Crippen LogP contribution in [0.1, 0.15) is 22.3 Å². The zero-order valence-electron chi connectivity index (χ0n) is 41.5. The van der Waals surface area contributed by atoms with Gasteiger partial charge in [0, 0.05) is 53.7 Å².